The Labute approximate surface area is 112 Å². The Morgan fingerprint density at radius 2 is 1.85 bits per heavy atom. The quantitative estimate of drug-likeness (QED) is 0.872. The second-order valence-electron chi connectivity index (χ2n) is 4.04. The Bertz CT molecular complexity index is 484. The standard InChI is InChI=1S/C12H12F3NO4/c1-7(6-10(17)18)16-11(19)8-2-4-9(5-3-8)20-12(13,14)15/h2-5,7H,6H2,1H3,(H,16,19)(H,17,18). The number of carbonyl (C=O) groups is 2. The van der Waals surface area contributed by atoms with Crippen molar-refractivity contribution in [3.63, 3.8) is 0 Å². The number of alkyl halides is 3. The maximum Gasteiger partial charge on any atom is 0.573 e. The van der Waals surface area contributed by atoms with Crippen molar-refractivity contribution in [1.82, 2.24) is 5.32 Å². The van der Waals surface area contributed by atoms with Crippen molar-refractivity contribution in [2.45, 2.75) is 25.7 Å². The van der Waals surface area contributed by atoms with Crippen molar-refractivity contribution < 1.29 is 32.6 Å². The first kappa shape index (κ1) is 15.8. The van der Waals surface area contributed by atoms with Crippen LogP contribution in [0.1, 0.15) is 23.7 Å². The zero-order valence-electron chi connectivity index (χ0n) is 10.4. The van der Waals surface area contributed by atoms with Crippen molar-refractivity contribution in [3.05, 3.63) is 29.8 Å². The smallest absolute Gasteiger partial charge is 0.481 e. The van der Waals surface area contributed by atoms with Crippen LogP contribution in [0.2, 0.25) is 0 Å². The number of aliphatic carboxylic acids is 1. The van der Waals surface area contributed by atoms with Crippen molar-refractivity contribution in [2.75, 3.05) is 0 Å². The summed E-state index contributed by atoms with van der Waals surface area (Å²) in [6, 6.07) is 3.73. The molecule has 5 nitrogen and oxygen atoms in total. The molecule has 0 heterocycles. The average molecular weight is 291 g/mol. The normalized spacial score (nSPS) is 12.6. The van der Waals surface area contributed by atoms with Crippen molar-refractivity contribution in [1.29, 1.82) is 0 Å². The number of carboxylic acids is 1. The number of benzene rings is 1. The van der Waals surface area contributed by atoms with Gasteiger partial charge >= 0.3 is 12.3 Å². The number of hydrogen-bond acceptors (Lipinski definition) is 3. The summed E-state index contributed by atoms with van der Waals surface area (Å²) >= 11 is 0. The van der Waals surface area contributed by atoms with Gasteiger partial charge in [-0.15, -0.1) is 13.2 Å². The number of rotatable bonds is 5. The van der Waals surface area contributed by atoms with Crippen LogP contribution in [-0.4, -0.2) is 29.4 Å². The summed E-state index contributed by atoms with van der Waals surface area (Å²) in [7, 11) is 0. The minimum absolute atomic E-state index is 0.108. The summed E-state index contributed by atoms with van der Waals surface area (Å²) in [6.07, 6.45) is -5.04. The van der Waals surface area contributed by atoms with Crippen LogP contribution in [0.3, 0.4) is 0 Å². The Kier molecular flexibility index (Phi) is 4.95. The molecule has 1 amide bonds. The average Bonchev–Trinajstić information content (AvgIpc) is 2.26. The first-order valence-electron chi connectivity index (χ1n) is 5.56. The molecule has 2 N–H and O–H groups in total. The molecular formula is C12H12F3NO4. The van der Waals surface area contributed by atoms with E-state index < -0.39 is 30.0 Å². The van der Waals surface area contributed by atoms with Gasteiger partial charge < -0.3 is 15.2 Å². The molecule has 0 aliphatic heterocycles. The first-order chi connectivity index (χ1) is 9.17. The molecular weight excluding hydrogens is 279 g/mol. The van der Waals surface area contributed by atoms with Gasteiger partial charge in [0, 0.05) is 11.6 Å². The molecule has 1 unspecified atom stereocenters. The van der Waals surface area contributed by atoms with Gasteiger partial charge in [-0.1, -0.05) is 0 Å². The van der Waals surface area contributed by atoms with Crippen LogP contribution >= 0.6 is 0 Å². The third-order valence-corrected chi connectivity index (χ3v) is 2.21. The Morgan fingerprint density at radius 1 is 1.30 bits per heavy atom. The van der Waals surface area contributed by atoms with Crippen LogP contribution in [0.25, 0.3) is 0 Å². The van der Waals surface area contributed by atoms with Gasteiger partial charge in [-0.2, -0.15) is 0 Å². The van der Waals surface area contributed by atoms with Crippen LogP contribution in [0.15, 0.2) is 24.3 Å². The van der Waals surface area contributed by atoms with Crippen molar-refractivity contribution in [2.24, 2.45) is 0 Å². The van der Waals surface area contributed by atoms with Crippen LogP contribution in [0.4, 0.5) is 13.2 Å². The third kappa shape index (κ3) is 5.59. The Balaban J connectivity index is 2.64. The number of nitrogens with one attached hydrogen (secondary N) is 1. The molecule has 1 aromatic rings. The third-order valence-electron chi connectivity index (χ3n) is 2.21. The molecule has 8 heteroatoms. The van der Waals surface area contributed by atoms with Gasteiger partial charge in [0.15, 0.2) is 0 Å². The molecule has 1 rings (SSSR count). The predicted molar refractivity (Wildman–Crippen MR) is 62.3 cm³/mol. The van der Waals surface area contributed by atoms with Gasteiger partial charge in [0.25, 0.3) is 5.91 Å². The summed E-state index contributed by atoms with van der Waals surface area (Å²) < 4.78 is 39.5. The fraction of sp³-hybridized carbons (Fsp3) is 0.333. The Morgan fingerprint density at radius 3 is 2.30 bits per heavy atom. The molecule has 0 saturated carbocycles. The summed E-state index contributed by atoms with van der Waals surface area (Å²) in [5, 5.41) is 10.9. The molecule has 0 bridgehead atoms. The number of halogens is 3. The van der Waals surface area contributed by atoms with E-state index in [1.807, 2.05) is 0 Å². The zero-order valence-corrected chi connectivity index (χ0v) is 10.4. The minimum atomic E-state index is -4.79. The van der Waals surface area contributed by atoms with Gasteiger partial charge in [0.05, 0.1) is 6.42 Å². The second kappa shape index (κ2) is 6.27. The molecule has 1 aromatic carbocycles. The predicted octanol–water partition coefficient (Wildman–Crippen LogP) is 2.18. The van der Waals surface area contributed by atoms with Gasteiger partial charge in [-0.3, -0.25) is 9.59 Å². The van der Waals surface area contributed by atoms with Crippen LogP contribution < -0.4 is 10.1 Å². The lowest BCUT2D eigenvalue weighted by molar-refractivity contribution is -0.274. The SMILES string of the molecule is CC(CC(=O)O)NC(=O)c1ccc(OC(F)(F)F)cc1. The summed E-state index contributed by atoms with van der Waals surface area (Å²) in [5.74, 6) is -2.07. The number of carboxylic acid groups (broad SMARTS) is 1. The number of carbonyl (C=O) groups excluding carboxylic acids is 1. The highest BCUT2D eigenvalue weighted by Gasteiger charge is 2.31. The van der Waals surface area contributed by atoms with Gasteiger partial charge in [-0.25, -0.2) is 0 Å². The summed E-state index contributed by atoms with van der Waals surface area (Å²) in [6.45, 7) is 1.51. The van der Waals surface area contributed by atoms with Gasteiger partial charge in [0.2, 0.25) is 0 Å². The molecule has 0 aliphatic rings. The van der Waals surface area contributed by atoms with E-state index in [2.05, 4.69) is 10.1 Å². The first-order valence-corrected chi connectivity index (χ1v) is 5.56. The fourth-order valence-electron chi connectivity index (χ4n) is 1.43. The van der Waals surface area contributed by atoms with Crippen LogP contribution in [0, 0.1) is 0 Å². The largest absolute Gasteiger partial charge is 0.573 e. The van der Waals surface area contributed by atoms with Crippen molar-refractivity contribution in [3.8, 4) is 5.75 Å². The maximum absolute atomic E-state index is 11.9. The summed E-state index contributed by atoms with van der Waals surface area (Å²) in [4.78, 5) is 22.1. The minimum Gasteiger partial charge on any atom is -0.481 e. The molecule has 0 aromatic heterocycles. The van der Waals surface area contributed by atoms with E-state index in [9.17, 15) is 22.8 Å². The van der Waals surface area contributed by atoms with E-state index in [1.54, 1.807) is 0 Å². The highest BCUT2D eigenvalue weighted by molar-refractivity contribution is 5.94. The highest BCUT2D eigenvalue weighted by atomic mass is 19.4. The second-order valence-corrected chi connectivity index (χ2v) is 4.04. The lowest BCUT2D eigenvalue weighted by atomic mass is 10.1. The molecule has 0 radical (unpaired) electrons. The van der Waals surface area contributed by atoms with E-state index in [1.165, 1.54) is 6.92 Å². The zero-order chi connectivity index (χ0) is 15.3. The molecule has 0 fully saturated rings. The van der Waals surface area contributed by atoms with E-state index in [0.29, 0.717) is 0 Å². The lowest BCUT2D eigenvalue weighted by Gasteiger charge is -2.12. The number of ether oxygens (including phenoxy) is 1. The summed E-state index contributed by atoms with van der Waals surface area (Å²) in [5.41, 5.74) is 0.108. The molecule has 110 valence electrons. The topological polar surface area (TPSA) is 75.6 Å². The highest BCUT2D eigenvalue weighted by Crippen LogP contribution is 2.22. The molecule has 0 spiro atoms. The lowest BCUT2D eigenvalue weighted by Crippen LogP contribution is -2.34. The maximum atomic E-state index is 11.9. The van der Waals surface area contributed by atoms with E-state index >= 15 is 0 Å². The number of amides is 1. The fourth-order valence-corrected chi connectivity index (χ4v) is 1.43. The van der Waals surface area contributed by atoms with Gasteiger partial charge in [-0.05, 0) is 31.2 Å². The molecule has 20 heavy (non-hydrogen) atoms. The molecule has 0 aliphatic carbocycles. The van der Waals surface area contributed by atoms with E-state index in [4.69, 9.17) is 5.11 Å². The van der Waals surface area contributed by atoms with E-state index in [-0.39, 0.29) is 12.0 Å². The van der Waals surface area contributed by atoms with Crippen LogP contribution in [0.5, 0.6) is 5.75 Å². The van der Waals surface area contributed by atoms with Crippen molar-refractivity contribution >= 4 is 11.9 Å². The molecule has 1 atom stereocenters. The van der Waals surface area contributed by atoms with Gasteiger partial charge in [0.1, 0.15) is 5.75 Å². The number of hydrogen-bond donors (Lipinski definition) is 2. The Hall–Kier alpha value is -2.25. The monoisotopic (exact) mass is 291 g/mol. The molecule has 0 saturated heterocycles. The van der Waals surface area contributed by atoms with E-state index in [0.717, 1.165) is 24.3 Å². The van der Waals surface area contributed by atoms with Crippen LogP contribution in [-0.2, 0) is 4.79 Å².